The summed E-state index contributed by atoms with van der Waals surface area (Å²) in [6.45, 7) is 2.99. The zero-order valence-electron chi connectivity index (χ0n) is 19.0. The molecular weight excluding hydrogens is 398 g/mol. The fourth-order valence-corrected chi connectivity index (χ4v) is 4.79. The molecule has 1 atom stereocenters. The molecule has 6 heteroatoms. The van der Waals surface area contributed by atoms with Crippen LogP contribution in [0.25, 0.3) is 11.0 Å². The highest BCUT2D eigenvalue weighted by Crippen LogP contribution is 2.28. The van der Waals surface area contributed by atoms with Crippen LogP contribution in [0.1, 0.15) is 34.8 Å². The second kappa shape index (κ2) is 8.26. The van der Waals surface area contributed by atoms with Gasteiger partial charge in [-0.1, -0.05) is 36.4 Å². The number of carbonyl (C=O) groups excluding carboxylic acids is 1. The Morgan fingerprint density at radius 1 is 1.06 bits per heavy atom. The van der Waals surface area contributed by atoms with Crippen molar-refractivity contribution in [3.05, 3.63) is 82.9 Å². The number of aromatic nitrogens is 4. The number of hydrogen-bond donors (Lipinski definition) is 0. The molecule has 32 heavy (non-hydrogen) atoms. The molecule has 6 nitrogen and oxygen atoms in total. The third-order valence-electron chi connectivity index (χ3n) is 6.74. The quantitative estimate of drug-likeness (QED) is 0.485. The zero-order chi connectivity index (χ0) is 22.2. The molecule has 0 fully saturated rings. The van der Waals surface area contributed by atoms with Gasteiger partial charge in [0.2, 0.25) is 5.91 Å². The van der Waals surface area contributed by atoms with Gasteiger partial charge in [0.25, 0.3) is 0 Å². The predicted molar refractivity (Wildman–Crippen MR) is 125 cm³/mol. The number of amides is 1. The summed E-state index contributed by atoms with van der Waals surface area (Å²) in [7, 11) is 3.96. The van der Waals surface area contributed by atoms with Crippen LogP contribution in [-0.4, -0.2) is 30.1 Å². The summed E-state index contributed by atoms with van der Waals surface area (Å²) in [5.74, 6) is 1.07. The van der Waals surface area contributed by atoms with E-state index in [4.69, 9.17) is 4.98 Å². The van der Waals surface area contributed by atoms with Crippen molar-refractivity contribution in [3.63, 3.8) is 0 Å². The van der Waals surface area contributed by atoms with Gasteiger partial charge in [0.1, 0.15) is 5.82 Å². The monoisotopic (exact) mass is 427 g/mol. The number of carbonyl (C=O) groups is 1. The SMILES string of the molecule is Cc1cc(CN(Cc2nc3ccccc3n2C)C(=O)[C@@H]2CCc3ccccc3C2)nn1C. The summed E-state index contributed by atoms with van der Waals surface area (Å²) in [4.78, 5) is 20.6. The van der Waals surface area contributed by atoms with Gasteiger partial charge < -0.3 is 9.47 Å². The van der Waals surface area contributed by atoms with Crippen molar-refractivity contribution >= 4 is 16.9 Å². The summed E-state index contributed by atoms with van der Waals surface area (Å²) in [5.41, 5.74) is 6.70. The molecule has 0 spiro atoms. The Balaban J connectivity index is 1.45. The van der Waals surface area contributed by atoms with Crippen LogP contribution in [-0.2, 0) is 44.8 Å². The molecule has 2 aromatic heterocycles. The van der Waals surface area contributed by atoms with E-state index in [9.17, 15) is 4.79 Å². The molecule has 0 saturated carbocycles. The number of fused-ring (bicyclic) bond motifs is 2. The number of benzene rings is 2. The molecule has 5 rings (SSSR count). The lowest BCUT2D eigenvalue weighted by Gasteiger charge is -2.30. The van der Waals surface area contributed by atoms with Crippen LogP contribution in [0.4, 0.5) is 0 Å². The molecule has 164 valence electrons. The maximum absolute atomic E-state index is 13.8. The third-order valence-corrected chi connectivity index (χ3v) is 6.74. The Bertz CT molecular complexity index is 1270. The number of imidazole rings is 1. The third kappa shape index (κ3) is 3.81. The fourth-order valence-electron chi connectivity index (χ4n) is 4.79. The molecular formula is C26H29N5O. The topological polar surface area (TPSA) is 56.0 Å². The maximum Gasteiger partial charge on any atom is 0.226 e. The minimum Gasteiger partial charge on any atom is -0.330 e. The Morgan fingerprint density at radius 2 is 1.81 bits per heavy atom. The molecule has 1 aliphatic carbocycles. The predicted octanol–water partition coefficient (Wildman–Crippen LogP) is 3.95. The average molecular weight is 428 g/mol. The Hall–Kier alpha value is -3.41. The summed E-state index contributed by atoms with van der Waals surface area (Å²) in [5, 5.41) is 4.62. The number of hydrogen-bond acceptors (Lipinski definition) is 3. The van der Waals surface area contributed by atoms with Gasteiger partial charge >= 0.3 is 0 Å². The average Bonchev–Trinajstić information content (AvgIpc) is 3.30. The summed E-state index contributed by atoms with van der Waals surface area (Å²) >= 11 is 0. The van der Waals surface area contributed by atoms with E-state index in [0.717, 1.165) is 47.5 Å². The molecule has 0 N–H and O–H groups in total. The molecule has 4 aromatic rings. The molecule has 0 bridgehead atoms. The van der Waals surface area contributed by atoms with E-state index in [1.54, 1.807) is 0 Å². The van der Waals surface area contributed by atoms with Gasteiger partial charge in [-0.3, -0.25) is 9.48 Å². The van der Waals surface area contributed by atoms with Crippen molar-refractivity contribution in [2.75, 3.05) is 0 Å². The summed E-state index contributed by atoms with van der Waals surface area (Å²) in [6.07, 6.45) is 2.64. The van der Waals surface area contributed by atoms with Gasteiger partial charge in [0.05, 0.1) is 29.8 Å². The summed E-state index contributed by atoms with van der Waals surface area (Å²) in [6, 6.07) is 18.7. The van der Waals surface area contributed by atoms with Gasteiger partial charge in [0.15, 0.2) is 0 Å². The van der Waals surface area contributed by atoms with Crippen LogP contribution in [0.5, 0.6) is 0 Å². The van der Waals surface area contributed by atoms with Crippen molar-refractivity contribution in [3.8, 4) is 0 Å². The van der Waals surface area contributed by atoms with Gasteiger partial charge in [0, 0.05) is 25.7 Å². The molecule has 1 amide bonds. The minimum atomic E-state index is -0.00982. The fraction of sp³-hybridized carbons (Fsp3) is 0.346. The smallest absolute Gasteiger partial charge is 0.226 e. The standard InChI is InChI=1S/C26H29N5O/c1-18-14-22(28-30(18)3)16-31(17-25-27-23-10-6-7-11-24(23)29(25)2)26(32)21-13-12-19-8-4-5-9-20(19)15-21/h4-11,14,21H,12-13,15-17H2,1-3H3/t21-/m1/s1. The number of nitrogens with zero attached hydrogens (tertiary/aromatic N) is 5. The highest BCUT2D eigenvalue weighted by Gasteiger charge is 2.29. The van der Waals surface area contributed by atoms with E-state index < -0.39 is 0 Å². The van der Waals surface area contributed by atoms with E-state index >= 15 is 0 Å². The second-order valence-corrected chi connectivity index (χ2v) is 8.88. The number of aryl methyl sites for hydroxylation is 4. The lowest BCUT2D eigenvalue weighted by Crippen LogP contribution is -2.38. The van der Waals surface area contributed by atoms with Gasteiger partial charge in [-0.05, 0) is 55.5 Å². The van der Waals surface area contributed by atoms with Crippen LogP contribution in [0, 0.1) is 12.8 Å². The van der Waals surface area contributed by atoms with Crippen LogP contribution in [0.3, 0.4) is 0 Å². The van der Waals surface area contributed by atoms with Gasteiger partial charge in [-0.15, -0.1) is 0 Å². The Morgan fingerprint density at radius 3 is 2.56 bits per heavy atom. The van der Waals surface area contributed by atoms with Crippen molar-refractivity contribution in [2.45, 2.75) is 39.3 Å². The molecule has 2 aromatic carbocycles. The minimum absolute atomic E-state index is 0.00982. The van der Waals surface area contributed by atoms with Crippen LogP contribution < -0.4 is 0 Å². The molecule has 0 saturated heterocycles. The van der Waals surface area contributed by atoms with Crippen LogP contribution >= 0.6 is 0 Å². The molecule has 0 unspecified atom stereocenters. The lowest BCUT2D eigenvalue weighted by molar-refractivity contribution is -0.137. The Labute approximate surface area is 188 Å². The molecule has 0 aliphatic heterocycles. The zero-order valence-corrected chi connectivity index (χ0v) is 19.0. The Kier molecular flexibility index (Phi) is 5.29. The van der Waals surface area contributed by atoms with Crippen LogP contribution in [0.15, 0.2) is 54.6 Å². The van der Waals surface area contributed by atoms with Crippen molar-refractivity contribution in [1.29, 1.82) is 0 Å². The first-order chi connectivity index (χ1) is 15.5. The van der Waals surface area contributed by atoms with Gasteiger partial charge in [-0.25, -0.2) is 4.98 Å². The normalized spacial score (nSPS) is 15.7. The molecule has 2 heterocycles. The number of para-hydroxylation sites is 2. The van der Waals surface area contributed by atoms with Crippen molar-refractivity contribution in [2.24, 2.45) is 20.0 Å². The van der Waals surface area contributed by atoms with E-state index in [-0.39, 0.29) is 11.8 Å². The van der Waals surface area contributed by atoms with E-state index in [0.29, 0.717) is 13.1 Å². The maximum atomic E-state index is 13.8. The largest absolute Gasteiger partial charge is 0.330 e. The molecule has 1 aliphatic rings. The van der Waals surface area contributed by atoms with Crippen molar-refractivity contribution < 1.29 is 4.79 Å². The first-order valence-electron chi connectivity index (χ1n) is 11.2. The summed E-state index contributed by atoms with van der Waals surface area (Å²) < 4.78 is 3.96. The first-order valence-corrected chi connectivity index (χ1v) is 11.2. The van der Waals surface area contributed by atoms with Gasteiger partial charge in [-0.2, -0.15) is 5.10 Å². The number of rotatable bonds is 5. The van der Waals surface area contributed by atoms with E-state index in [1.165, 1.54) is 11.1 Å². The van der Waals surface area contributed by atoms with Crippen LogP contribution in [0.2, 0.25) is 0 Å². The highest BCUT2D eigenvalue weighted by molar-refractivity contribution is 5.80. The lowest BCUT2D eigenvalue weighted by atomic mass is 9.83. The highest BCUT2D eigenvalue weighted by atomic mass is 16.2. The van der Waals surface area contributed by atoms with E-state index in [1.807, 2.05) is 48.8 Å². The molecule has 0 radical (unpaired) electrons. The van der Waals surface area contributed by atoms with Crippen molar-refractivity contribution in [1.82, 2.24) is 24.2 Å². The van der Waals surface area contributed by atoms with E-state index in [2.05, 4.69) is 46.1 Å². The first kappa shape index (κ1) is 20.5. The second-order valence-electron chi connectivity index (χ2n) is 8.88.